The lowest BCUT2D eigenvalue weighted by atomic mass is 9.95. The van der Waals surface area contributed by atoms with Crippen LogP contribution in [0.2, 0.25) is 0 Å². The monoisotopic (exact) mass is 479 g/mol. The van der Waals surface area contributed by atoms with Crippen LogP contribution in [0, 0.1) is 6.92 Å². The highest BCUT2D eigenvalue weighted by Crippen LogP contribution is 2.35. The third-order valence-electron chi connectivity index (χ3n) is 5.77. The topological polar surface area (TPSA) is 72.2 Å². The van der Waals surface area contributed by atoms with Gasteiger partial charge in [-0.25, -0.2) is 5.43 Å². The molecule has 1 saturated carbocycles. The number of carbonyl (C=O) groups is 1. The van der Waals surface area contributed by atoms with Gasteiger partial charge in [-0.2, -0.15) is 5.10 Å². The number of hydrogen-bond donors (Lipinski definition) is 1. The first kappa shape index (κ1) is 23.6. The molecule has 0 bridgehead atoms. The summed E-state index contributed by atoms with van der Waals surface area (Å²) in [6.07, 6.45) is 9.65. The highest BCUT2D eigenvalue weighted by atomic mass is 32.2. The summed E-state index contributed by atoms with van der Waals surface area (Å²) in [7, 11) is 0. The third-order valence-corrected chi connectivity index (χ3v) is 7.45. The van der Waals surface area contributed by atoms with Crippen molar-refractivity contribution in [3.05, 3.63) is 59.7 Å². The van der Waals surface area contributed by atoms with Crippen LogP contribution in [0.25, 0.3) is 11.4 Å². The van der Waals surface area contributed by atoms with Crippen LogP contribution in [-0.4, -0.2) is 38.9 Å². The van der Waals surface area contributed by atoms with Gasteiger partial charge in [0.15, 0.2) is 11.0 Å². The molecule has 1 fully saturated rings. The van der Waals surface area contributed by atoms with Crippen LogP contribution in [0.1, 0.15) is 49.3 Å². The van der Waals surface area contributed by atoms with E-state index in [0.717, 1.165) is 34.9 Å². The summed E-state index contributed by atoms with van der Waals surface area (Å²) < 4.78 is 2.25. The molecule has 0 spiro atoms. The molecular formula is C25H29N5OS2. The van der Waals surface area contributed by atoms with Crippen molar-refractivity contribution in [3.63, 3.8) is 0 Å². The normalized spacial score (nSPS) is 14.6. The maximum Gasteiger partial charge on any atom is 0.250 e. The number of carbonyl (C=O) groups excluding carboxylic acids is 1. The van der Waals surface area contributed by atoms with E-state index in [0.29, 0.717) is 6.04 Å². The van der Waals surface area contributed by atoms with Crippen molar-refractivity contribution in [2.24, 2.45) is 5.10 Å². The molecule has 1 aromatic heterocycles. The van der Waals surface area contributed by atoms with E-state index in [1.165, 1.54) is 41.5 Å². The van der Waals surface area contributed by atoms with Gasteiger partial charge in [0, 0.05) is 16.5 Å². The number of amides is 1. The Hall–Kier alpha value is -2.58. The van der Waals surface area contributed by atoms with Crippen molar-refractivity contribution in [2.75, 3.05) is 12.0 Å². The SMILES string of the molecule is CSc1ccc(/C=N\NC(=O)CSc2nnc(-c3ccc(C)cc3)n2C2CCCCC2)cc1. The Labute approximate surface area is 203 Å². The van der Waals surface area contributed by atoms with Crippen molar-refractivity contribution >= 4 is 35.6 Å². The van der Waals surface area contributed by atoms with Gasteiger partial charge >= 0.3 is 0 Å². The molecule has 172 valence electrons. The molecule has 0 atom stereocenters. The zero-order valence-electron chi connectivity index (χ0n) is 19.0. The first-order valence-electron chi connectivity index (χ1n) is 11.2. The Morgan fingerprint density at radius 1 is 1.09 bits per heavy atom. The number of rotatable bonds is 8. The summed E-state index contributed by atoms with van der Waals surface area (Å²) in [5, 5.41) is 13.9. The molecule has 0 unspecified atom stereocenters. The van der Waals surface area contributed by atoms with E-state index in [1.54, 1.807) is 18.0 Å². The maximum atomic E-state index is 12.4. The Kier molecular flexibility index (Phi) is 8.23. The number of aryl methyl sites for hydroxylation is 1. The van der Waals surface area contributed by atoms with Crippen molar-refractivity contribution in [1.82, 2.24) is 20.2 Å². The number of nitrogens with one attached hydrogen (secondary N) is 1. The van der Waals surface area contributed by atoms with Crippen LogP contribution in [0.4, 0.5) is 0 Å². The first-order valence-corrected chi connectivity index (χ1v) is 13.5. The van der Waals surface area contributed by atoms with Crippen molar-refractivity contribution in [3.8, 4) is 11.4 Å². The second kappa shape index (κ2) is 11.5. The number of hydrazone groups is 1. The number of hydrogen-bond acceptors (Lipinski definition) is 6. The lowest BCUT2D eigenvalue weighted by Crippen LogP contribution is -2.20. The number of aromatic nitrogens is 3. The van der Waals surface area contributed by atoms with E-state index < -0.39 is 0 Å². The Morgan fingerprint density at radius 2 is 1.82 bits per heavy atom. The fraction of sp³-hybridized carbons (Fsp3) is 0.360. The van der Waals surface area contributed by atoms with Gasteiger partial charge in [-0.15, -0.1) is 22.0 Å². The van der Waals surface area contributed by atoms with Crippen LogP contribution in [0.5, 0.6) is 0 Å². The number of benzene rings is 2. The fourth-order valence-corrected chi connectivity index (χ4v) is 5.18. The smallest absolute Gasteiger partial charge is 0.250 e. The summed E-state index contributed by atoms with van der Waals surface area (Å²) in [6.45, 7) is 2.08. The molecular weight excluding hydrogens is 450 g/mol. The summed E-state index contributed by atoms with van der Waals surface area (Å²) in [4.78, 5) is 13.6. The standard InChI is InChI=1S/C25H29N5OS2/c1-18-8-12-20(13-9-18)24-28-29-25(30(24)21-6-4-3-5-7-21)33-17-23(31)27-26-16-19-10-14-22(32-2)15-11-19/h8-16,21H,3-7,17H2,1-2H3,(H,27,31)/b26-16-. The quantitative estimate of drug-likeness (QED) is 0.254. The van der Waals surface area contributed by atoms with E-state index in [9.17, 15) is 4.79 Å². The second-order valence-electron chi connectivity index (χ2n) is 8.19. The van der Waals surface area contributed by atoms with Crippen molar-refractivity contribution in [2.45, 2.75) is 55.1 Å². The maximum absolute atomic E-state index is 12.4. The van der Waals surface area contributed by atoms with Gasteiger partial charge in [-0.05, 0) is 43.7 Å². The largest absolute Gasteiger partial charge is 0.299 e. The number of thioether (sulfide) groups is 2. The lowest BCUT2D eigenvalue weighted by molar-refractivity contribution is -0.118. The Balaban J connectivity index is 1.42. The minimum atomic E-state index is -0.160. The highest BCUT2D eigenvalue weighted by molar-refractivity contribution is 7.99. The molecule has 1 aliphatic carbocycles. The molecule has 1 N–H and O–H groups in total. The minimum absolute atomic E-state index is 0.160. The highest BCUT2D eigenvalue weighted by Gasteiger charge is 2.24. The minimum Gasteiger partial charge on any atom is -0.299 e. The van der Waals surface area contributed by atoms with Gasteiger partial charge in [0.2, 0.25) is 0 Å². The van der Waals surface area contributed by atoms with Gasteiger partial charge in [0.05, 0.1) is 12.0 Å². The van der Waals surface area contributed by atoms with Crippen molar-refractivity contribution < 1.29 is 4.79 Å². The molecule has 33 heavy (non-hydrogen) atoms. The first-order chi connectivity index (χ1) is 16.1. The van der Waals surface area contributed by atoms with E-state index in [1.807, 2.05) is 30.5 Å². The van der Waals surface area contributed by atoms with Gasteiger partial charge in [-0.1, -0.05) is 73.0 Å². The fourth-order valence-electron chi connectivity index (χ4n) is 3.97. The molecule has 0 saturated heterocycles. The molecule has 4 rings (SSSR count). The van der Waals surface area contributed by atoms with E-state index in [2.05, 4.69) is 56.5 Å². The van der Waals surface area contributed by atoms with Gasteiger partial charge in [0.1, 0.15) is 0 Å². The van der Waals surface area contributed by atoms with Gasteiger partial charge in [0.25, 0.3) is 5.91 Å². The van der Waals surface area contributed by atoms with Crippen LogP contribution in [0.15, 0.2) is 63.7 Å². The molecule has 2 aromatic carbocycles. The van der Waals surface area contributed by atoms with Crippen LogP contribution >= 0.6 is 23.5 Å². The second-order valence-corrected chi connectivity index (χ2v) is 10.0. The Morgan fingerprint density at radius 3 is 2.52 bits per heavy atom. The Bertz CT molecular complexity index is 1090. The third kappa shape index (κ3) is 6.26. The molecule has 0 radical (unpaired) electrons. The molecule has 1 aliphatic rings. The average molecular weight is 480 g/mol. The summed E-state index contributed by atoms with van der Waals surface area (Å²) in [6, 6.07) is 16.8. The van der Waals surface area contributed by atoms with Crippen LogP contribution in [0.3, 0.4) is 0 Å². The van der Waals surface area contributed by atoms with Gasteiger partial charge in [-0.3, -0.25) is 9.36 Å². The molecule has 3 aromatic rings. The predicted molar refractivity (Wildman–Crippen MR) is 137 cm³/mol. The van der Waals surface area contributed by atoms with Crippen LogP contribution in [-0.2, 0) is 4.79 Å². The average Bonchev–Trinajstić information content (AvgIpc) is 3.28. The van der Waals surface area contributed by atoms with Crippen LogP contribution < -0.4 is 5.43 Å². The summed E-state index contributed by atoms with van der Waals surface area (Å²) >= 11 is 3.11. The van der Waals surface area contributed by atoms with E-state index in [-0.39, 0.29) is 11.7 Å². The molecule has 1 heterocycles. The molecule has 0 aliphatic heterocycles. The zero-order valence-corrected chi connectivity index (χ0v) is 20.7. The predicted octanol–water partition coefficient (Wildman–Crippen LogP) is 5.72. The van der Waals surface area contributed by atoms with E-state index in [4.69, 9.17) is 0 Å². The van der Waals surface area contributed by atoms with Gasteiger partial charge < -0.3 is 0 Å². The molecule has 6 nitrogen and oxygen atoms in total. The molecule has 8 heteroatoms. The zero-order chi connectivity index (χ0) is 23.0. The summed E-state index contributed by atoms with van der Waals surface area (Å²) in [5.74, 6) is 0.963. The van der Waals surface area contributed by atoms with Crippen molar-refractivity contribution in [1.29, 1.82) is 0 Å². The lowest BCUT2D eigenvalue weighted by Gasteiger charge is -2.25. The van der Waals surface area contributed by atoms with E-state index >= 15 is 0 Å². The number of nitrogens with zero attached hydrogens (tertiary/aromatic N) is 4. The summed E-state index contributed by atoms with van der Waals surface area (Å²) in [5.41, 5.74) is 5.84. The molecule has 1 amide bonds.